The molecular weight excluding hydrogens is 288 g/mol. The van der Waals surface area contributed by atoms with E-state index >= 15 is 0 Å². The Morgan fingerprint density at radius 3 is 2.76 bits per heavy atom. The summed E-state index contributed by atoms with van der Waals surface area (Å²) in [6, 6.07) is 7.24. The van der Waals surface area contributed by atoms with Gasteiger partial charge in [0.2, 0.25) is 5.91 Å². The smallest absolute Gasteiger partial charge is 0.242 e. The highest BCUT2D eigenvalue weighted by Gasteiger charge is 2.37. The molecular formula is C16H23ClN2O2. The normalized spacial score (nSPS) is 17.3. The van der Waals surface area contributed by atoms with Gasteiger partial charge in [0.05, 0.1) is 12.1 Å². The number of likely N-dealkylation sites (N-methyl/N-ethyl adjacent to an activating group) is 1. The summed E-state index contributed by atoms with van der Waals surface area (Å²) in [5.41, 5.74) is 5.58. The molecule has 0 aliphatic heterocycles. The van der Waals surface area contributed by atoms with E-state index in [9.17, 15) is 4.79 Å². The van der Waals surface area contributed by atoms with Crippen molar-refractivity contribution in [3.63, 3.8) is 0 Å². The third kappa shape index (κ3) is 4.35. The number of nitrogens with zero attached hydrogens (tertiary/aromatic N) is 1. The van der Waals surface area contributed by atoms with Gasteiger partial charge in [0, 0.05) is 12.1 Å². The molecule has 0 aromatic heterocycles. The maximum Gasteiger partial charge on any atom is 0.242 e. The molecule has 116 valence electrons. The van der Waals surface area contributed by atoms with Crippen LogP contribution < -0.4 is 10.5 Å². The van der Waals surface area contributed by atoms with Gasteiger partial charge in [-0.25, -0.2) is 0 Å². The number of ether oxygens (including phenoxy) is 1. The summed E-state index contributed by atoms with van der Waals surface area (Å²) >= 11 is 5.90. The Labute approximate surface area is 131 Å². The van der Waals surface area contributed by atoms with Crippen LogP contribution >= 0.6 is 11.6 Å². The summed E-state index contributed by atoms with van der Waals surface area (Å²) in [5.74, 6) is 0.736. The van der Waals surface area contributed by atoms with E-state index in [1.807, 2.05) is 12.1 Å². The lowest BCUT2D eigenvalue weighted by molar-refractivity contribution is -0.137. The predicted octanol–water partition coefficient (Wildman–Crippen LogP) is 2.84. The van der Waals surface area contributed by atoms with Crippen molar-refractivity contribution in [2.75, 3.05) is 20.2 Å². The molecule has 0 bridgehead atoms. The minimum absolute atomic E-state index is 0.0249. The minimum atomic E-state index is -0.678. The first kappa shape index (κ1) is 16.1. The SMILES string of the molecule is CN(CCOc1cccc(Cl)c1)C(=O)C1(N)CCCCC1. The Balaban J connectivity index is 1.81. The lowest BCUT2D eigenvalue weighted by atomic mass is 9.81. The molecule has 0 heterocycles. The van der Waals surface area contributed by atoms with Gasteiger partial charge in [0.15, 0.2) is 0 Å². The number of hydrogen-bond acceptors (Lipinski definition) is 3. The minimum Gasteiger partial charge on any atom is -0.492 e. The number of carbonyl (C=O) groups excluding carboxylic acids is 1. The van der Waals surface area contributed by atoms with E-state index in [4.69, 9.17) is 22.1 Å². The molecule has 0 unspecified atom stereocenters. The first-order valence-corrected chi connectivity index (χ1v) is 7.82. The quantitative estimate of drug-likeness (QED) is 0.910. The largest absolute Gasteiger partial charge is 0.492 e. The Morgan fingerprint density at radius 2 is 2.10 bits per heavy atom. The van der Waals surface area contributed by atoms with Crippen LogP contribution in [0.4, 0.5) is 0 Å². The van der Waals surface area contributed by atoms with Crippen molar-refractivity contribution in [3.8, 4) is 5.75 Å². The molecule has 1 amide bonds. The number of nitrogens with two attached hydrogens (primary N) is 1. The fourth-order valence-corrected chi connectivity index (χ4v) is 2.92. The molecule has 5 heteroatoms. The zero-order chi connectivity index (χ0) is 15.3. The van der Waals surface area contributed by atoms with Gasteiger partial charge in [-0.1, -0.05) is 36.9 Å². The Kier molecular flexibility index (Phi) is 5.48. The average molecular weight is 311 g/mol. The predicted molar refractivity (Wildman–Crippen MR) is 84.6 cm³/mol. The van der Waals surface area contributed by atoms with Gasteiger partial charge in [-0.15, -0.1) is 0 Å². The van der Waals surface area contributed by atoms with Gasteiger partial charge in [0.25, 0.3) is 0 Å². The molecule has 0 radical (unpaired) electrons. The molecule has 2 N–H and O–H groups in total. The molecule has 1 aliphatic rings. The van der Waals surface area contributed by atoms with E-state index < -0.39 is 5.54 Å². The van der Waals surface area contributed by atoms with E-state index in [2.05, 4.69) is 0 Å². The molecule has 0 spiro atoms. The van der Waals surface area contributed by atoms with Crippen molar-refractivity contribution in [3.05, 3.63) is 29.3 Å². The number of halogens is 1. The maximum atomic E-state index is 12.4. The highest BCUT2D eigenvalue weighted by atomic mass is 35.5. The molecule has 0 atom stereocenters. The van der Waals surface area contributed by atoms with E-state index in [-0.39, 0.29) is 5.91 Å². The molecule has 0 saturated heterocycles. The first-order chi connectivity index (χ1) is 10.0. The highest BCUT2D eigenvalue weighted by molar-refractivity contribution is 6.30. The first-order valence-electron chi connectivity index (χ1n) is 7.44. The van der Waals surface area contributed by atoms with Crippen LogP contribution in [-0.4, -0.2) is 36.5 Å². The zero-order valence-electron chi connectivity index (χ0n) is 12.5. The number of amides is 1. The topological polar surface area (TPSA) is 55.6 Å². The van der Waals surface area contributed by atoms with Gasteiger partial charge in [-0.05, 0) is 31.0 Å². The lowest BCUT2D eigenvalue weighted by Gasteiger charge is -2.35. The second-order valence-electron chi connectivity index (χ2n) is 5.75. The van der Waals surface area contributed by atoms with Crippen molar-refractivity contribution in [2.45, 2.75) is 37.6 Å². The van der Waals surface area contributed by atoms with Crippen molar-refractivity contribution in [1.82, 2.24) is 4.90 Å². The molecule has 1 saturated carbocycles. The van der Waals surface area contributed by atoms with Gasteiger partial charge in [-0.3, -0.25) is 4.79 Å². The van der Waals surface area contributed by atoms with E-state index in [0.29, 0.717) is 23.9 Å². The summed E-state index contributed by atoms with van der Waals surface area (Å²) < 4.78 is 5.61. The number of benzene rings is 1. The average Bonchev–Trinajstić information content (AvgIpc) is 2.47. The summed E-state index contributed by atoms with van der Waals surface area (Å²) in [6.45, 7) is 0.947. The van der Waals surface area contributed by atoms with E-state index in [0.717, 1.165) is 25.7 Å². The molecule has 1 aromatic carbocycles. The maximum absolute atomic E-state index is 12.4. The van der Waals surface area contributed by atoms with Crippen LogP contribution in [0.1, 0.15) is 32.1 Å². The fourth-order valence-electron chi connectivity index (χ4n) is 2.74. The van der Waals surface area contributed by atoms with Gasteiger partial charge >= 0.3 is 0 Å². The Bertz CT molecular complexity index is 487. The molecule has 2 rings (SSSR count). The van der Waals surface area contributed by atoms with Crippen LogP contribution in [0.3, 0.4) is 0 Å². The number of rotatable bonds is 5. The Hall–Kier alpha value is -1.26. The molecule has 4 nitrogen and oxygen atoms in total. The third-order valence-corrected chi connectivity index (χ3v) is 4.25. The van der Waals surface area contributed by atoms with Crippen LogP contribution in [-0.2, 0) is 4.79 Å². The molecule has 1 fully saturated rings. The summed E-state index contributed by atoms with van der Waals surface area (Å²) in [5, 5.41) is 0.639. The second-order valence-corrected chi connectivity index (χ2v) is 6.19. The van der Waals surface area contributed by atoms with Crippen molar-refractivity contribution >= 4 is 17.5 Å². The molecule has 1 aromatic rings. The van der Waals surface area contributed by atoms with Crippen molar-refractivity contribution in [2.24, 2.45) is 5.73 Å². The van der Waals surface area contributed by atoms with Crippen LogP contribution in [0, 0.1) is 0 Å². The van der Waals surface area contributed by atoms with Crippen LogP contribution in [0.25, 0.3) is 0 Å². The fraction of sp³-hybridized carbons (Fsp3) is 0.562. The van der Waals surface area contributed by atoms with Crippen LogP contribution in [0.5, 0.6) is 5.75 Å². The van der Waals surface area contributed by atoms with Gasteiger partial charge in [-0.2, -0.15) is 0 Å². The van der Waals surface area contributed by atoms with Crippen LogP contribution in [0.15, 0.2) is 24.3 Å². The van der Waals surface area contributed by atoms with Crippen molar-refractivity contribution < 1.29 is 9.53 Å². The van der Waals surface area contributed by atoms with Crippen molar-refractivity contribution in [1.29, 1.82) is 0 Å². The standard InChI is InChI=1S/C16H23ClN2O2/c1-19(15(20)16(18)8-3-2-4-9-16)10-11-21-14-7-5-6-13(17)12-14/h5-7,12H,2-4,8-11,18H2,1H3. The highest BCUT2D eigenvalue weighted by Crippen LogP contribution is 2.27. The lowest BCUT2D eigenvalue weighted by Crippen LogP contribution is -2.55. The monoisotopic (exact) mass is 310 g/mol. The molecule has 1 aliphatic carbocycles. The Morgan fingerprint density at radius 1 is 1.38 bits per heavy atom. The number of carbonyl (C=O) groups is 1. The third-order valence-electron chi connectivity index (χ3n) is 4.01. The van der Waals surface area contributed by atoms with E-state index in [1.165, 1.54) is 6.42 Å². The zero-order valence-corrected chi connectivity index (χ0v) is 13.2. The van der Waals surface area contributed by atoms with Crippen LogP contribution in [0.2, 0.25) is 5.02 Å². The van der Waals surface area contributed by atoms with E-state index in [1.54, 1.807) is 24.1 Å². The van der Waals surface area contributed by atoms with Gasteiger partial charge in [0.1, 0.15) is 12.4 Å². The summed E-state index contributed by atoms with van der Waals surface area (Å²) in [4.78, 5) is 14.1. The summed E-state index contributed by atoms with van der Waals surface area (Å²) in [7, 11) is 1.78. The second kappa shape index (κ2) is 7.14. The molecule has 21 heavy (non-hydrogen) atoms. The van der Waals surface area contributed by atoms with Gasteiger partial charge < -0.3 is 15.4 Å². The number of hydrogen-bond donors (Lipinski definition) is 1. The summed E-state index contributed by atoms with van der Waals surface area (Å²) in [6.07, 6.45) is 4.81.